The van der Waals surface area contributed by atoms with Crippen molar-refractivity contribution in [3.8, 4) is 0 Å². The number of methoxy groups -OCH3 is 1. The molecule has 0 fully saturated rings. The highest BCUT2D eigenvalue weighted by Crippen LogP contribution is 2.28. The Bertz CT molecular complexity index is 466. The number of ether oxygens (including phenoxy) is 1. The van der Waals surface area contributed by atoms with E-state index in [9.17, 15) is 4.79 Å². The lowest BCUT2D eigenvalue weighted by molar-refractivity contribution is 0.0602. The number of esters is 1. The number of carbonyl (C=O) groups excluding carboxylic acids is 1. The highest BCUT2D eigenvalue weighted by atomic mass is 32.1. The third kappa shape index (κ3) is 4.45. The topological polar surface area (TPSA) is 41.6 Å². The van der Waals surface area contributed by atoms with Gasteiger partial charge in [-0.15, -0.1) is 11.3 Å². The van der Waals surface area contributed by atoms with Crippen LogP contribution in [0.5, 0.6) is 0 Å². The first kappa shape index (κ1) is 16.9. The van der Waals surface area contributed by atoms with Crippen LogP contribution >= 0.6 is 23.6 Å². The van der Waals surface area contributed by atoms with Crippen LogP contribution in [-0.2, 0) is 4.74 Å². The predicted octanol–water partition coefficient (Wildman–Crippen LogP) is 3.66. The summed E-state index contributed by atoms with van der Waals surface area (Å²) in [6.07, 6.45) is 2.07. The molecule has 0 radical (unpaired) electrons. The minimum Gasteiger partial charge on any atom is -0.465 e. The van der Waals surface area contributed by atoms with E-state index >= 15 is 0 Å². The van der Waals surface area contributed by atoms with Gasteiger partial charge in [0.05, 0.1) is 12.7 Å². The summed E-state index contributed by atoms with van der Waals surface area (Å²) in [6.45, 7) is 8.04. The van der Waals surface area contributed by atoms with Crippen molar-refractivity contribution in [2.24, 2.45) is 0 Å². The molecule has 1 aromatic rings. The molecule has 1 rings (SSSR count). The number of aryl methyl sites for hydroxylation is 1. The van der Waals surface area contributed by atoms with Crippen LogP contribution in [-0.4, -0.2) is 36.2 Å². The Morgan fingerprint density at radius 3 is 2.50 bits per heavy atom. The van der Waals surface area contributed by atoms with Gasteiger partial charge in [-0.2, -0.15) is 0 Å². The number of rotatable bonds is 6. The average Bonchev–Trinajstić information content (AvgIpc) is 2.78. The zero-order chi connectivity index (χ0) is 15.1. The predicted molar refractivity (Wildman–Crippen MR) is 88.8 cm³/mol. The van der Waals surface area contributed by atoms with Gasteiger partial charge >= 0.3 is 5.97 Å². The quantitative estimate of drug-likeness (QED) is 0.641. The van der Waals surface area contributed by atoms with E-state index in [4.69, 9.17) is 17.0 Å². The minimum absolute atomic E-state index is 0.336. The van der Waals surface area contributed by atoms with Crippen LogP contribution in [0.15, 0.2) is 6.07 Å². The third-order valence-corrected chi connectivity index (χ3v) is 4.08. The van der Waals surface area contributed by atoms with Gasteiger partial charge in [0.15, 0.2) is 5.11 Å². The van der Waals surface area contributed by atoms with E-state index < -0.39 is 0 Å². The fraction of sp³-hybridized carbons (Fsp3) is 0.571. The molecule has 112 valence electrons. The summed E-state index contributed by atoms with van der Waals surface area (Å²) in [7, 11) is 1.39. The van der Waals surface area contributed by atoms with E-state index in [2.05, 4.69) is 24.1 Å². The molecule has 1 heterocycles. The van der Waals surface area contributed by atoms with Crippen molar-refractivity contribution in [1.29, 1.82) is 0 Å². The van der Waals surface area contributed by atoms with Gasteiger partial charge in [-0.1, -0.05) is 13.8 Å². The largest absolute Gasteiger partial charge is 0.465 e. The fourth-order valence-corrected chi connectivity index (χ4v) is 3.15. The second-order valence-electron chi connectivity index (χ2n) is 4.51. The number of thiocarbonyl (C=S) groups is 1. The molecule has 0 aliphatic rings. The molecule has 0 bridgehead atoms. The standard InChI is InChI=1S/C14H22N2O2S2/c1-5-7-16(8-6-2)14(19)15-12-11(13(17)18-4)9-10(3)20-12/h9H,5-8H2,1-4H3,(H,15,19). The smallest absolute Gasteiger partial charge is 0.340 e. The number of hydrogen-bond donors (Lipinski definition) is 1. The van der Waals surface area contributed by atoms with Crippen molar-refractivity contribution < 1.29 is 9.53 Å². The minimum atomic E-state index is -0.336. The summed E-state index contributed by atoms with van der Waals surface area (Å²) in [5, 5.41) is 4.62. The van der Waals surface area contributed by atoms with Gasteiger partial charge in [-0.25, -0.2) is 4.79 Å². The Hall–Kier alpha value is -1.14. The Morgan fingerprint density at radius 1 is 1.40 bits per heavy atom. The van der Waals surface area contributed by atoms with Crippen LogP contribution in [0.4, 0.5) is 5.00 Å². The highest BCUT2D eigenvalue weighted by Gasteiger charge is 2.17. The van der Waals surface area contributed by atoms with Crippen LogP contribution < -0.4 is 5.32 Å². The van der Waals surface area contributed by atoms with Crippen molar-refractivity contribution in [3.63, 3.8) is 0 Å². The van der Waals surface area contributed by atoms with Crippen LogP contribution in [0.2, 0.25) is 0 Å². The SMILES string of the molecule is CCCN(CCC)C(=S)Nc1sc(C)cc1C(=O)OC. The molecule has 6 heteroatoms. The number of thiophene rings is 1. The van der Waals surface area contributed by atoms with Gasteiger partial charge in [0.1, 0.15) is 5.00 Å². The van der Waals surface area contributed by atoms with Crippen molar-refractivity contribution >= 4 is 39.6 Å². The van der Waals surface area contributed by atoms with Gasteiger partial charge in [0, 0.05) is 18.0 Å². The van der Waals surface area contributed by atoms with Crippen LogP contribution in [0, 0.1) is 6.92 Å². The van der Waals surface area contributed by atoms with Crippen molar-refractivity contribution in [2.75, 3.05) is 25.5 Å². The normalized spacial score (nSPS) is 10.2. The van der Waals surface area contributed by atoms with Crippen LogP contribution in [0.1, 0.15) is 41.9 Å². The zero-order valence-corrected chi connectivity index (χ0v) is 14.1. The first-order valence-electron chi connectivity index (χ1n) is 6.78. The maximum atomic E-state index is 11.7. The molecule has 0 saturated heterocycles. The average molecular weight is 314 g/mol. The van der Waals surface area contributed by atoms with Crippen molar-refractivity contribution in [3.05, 3.63) is 16.5 Å². The zero-order valence-electron chi connectivity index (χ0n) is 12.5. The van der Waals surface area contributed by atoms with Crippen LogP contribution in [0.3, 0.4) is 0 Å². The number of hydrogen-bond acceptors (Lipinski definition) is 4. The van der Waals surface area contributed by atoms with Gasteiger partial charge in [-0.3, -0.25) is 0 Å². The fourth-order valence-electron chi connectivity index (χ4n) is 1.90. The molecule has 0 aromatic carbocycles. The maximum absolute atomic E-state index is 11.7. The monoisotopic (exact) mass is 314 g/mol. The van der Waals surface area contributed by atoms with E-state index in [0.29, 0.717) is 10.7 Å². The molecule has 4 nitrogen and oxygen atoms in total. The molecule has 0 amide bonds. The number of anilines is 1. The van der Waals surface area contributed by atoms with Gasteiger partial charge in [-0.05, 0) is 38.0 Å². The lowest BCUT2D eigenvalue weighted by Crippen LogP contribution is -2.36. The summed E-state index contributed by atoms with van der Waals surface area (Å²) in [6, 6.07) is 1.82. The van der Waals surface area contributed by atoms with E-state index in [0.717, 1.165) is 35.8 Å². The molecule has 0 saturated carbocycles. The van der Waals surface area contributed by atoms with E-state index in [1.54, 1.807) is 0 Å². The second-order valence-corrected chi connectivity index (χ2v) is 6.15. The van der Waals surface area contributed by atoms with Crippen molar-refractivity contribution in [2.45, 2.75) is 33.6 Å². The van der Waals surface area contributed by atoms with E-state index in [1.807, 2.05) is 13.0 Å². The highest BCUT2D eigenvalue weighted by molar-refractivity contribution is 7.80. The third-order valence-electron chi connectivity index (χ3n) is 2.76. The van der Waals surface area contributed by atoms with Crippen molar-refractivity contribution in [1.82, 2.24) is 4.90 Å². The number of nitrogens with zero attached hydrogens (tertiary/aromatic N) is 1. The molecule has 0 atom stereocenters. The molecule has 0 aliphatic heterocycles. The first-order valence-corrected chi connectivity index (χ1v) is 8.00. The Morgan fingerprint density at radius 2 is 2.00 bits per heavy atom. The maximum Gasteiger partial charge on any atom is 0.340 e. The lowest BCUT2D eigenvalue weighted by Gasteiger charge is -2.24. The summed E-state index contributed by atoms with van der Waals surface area (Å²) >= 11 is 6.96. The van der Waals surface area contributed by atoms with E-state index in [1.165, 1.54) is 18.4 Å². The molecular formula is C14H22N2O2S2. The molecule has 0 spiro atoms. The molecule has 20 heavy (non-hydrogen) atoms. The number of carbonyl (C=O) groups is 1. The van der Waals surface area contributed by atoms with Gasteiger partial charge in [0.25, 0.3) is 0 Å². The summed E-state index contributed by atoms with van der Waals surface area (Å²) in [4.78, 5) is 14.9. The summed E-state index contributed by atoms with van der Waals surface area (Å²) < 4.78 is 4.80. The molecule has 1 N–H and O–H groups in total. The van der Waals surface area contributed by atoms with Gasteiger partial charge in [0.2, 0.25) is 0 Å². The summed E-state index contributed by atoms with van der Waals surface area (Å²) in [5.41, 5.74) is 0.547. The van der Waals surface area contributed by atoms with E-state index in [-0.39, 0.29) is 5.97 Å². The second kappa shape index (κ2) is 8.21. The Kier molecular flexibility index (Phi) is 6.95. The Labute approximate surface area is 130 Å². The van der Waals surface area contributed by atoms with Gasteiger partial charge < -0.3 is 15.0 Å². The van der Waals surface area contributed by atoms with Crippen LogP contribution in [0.25, 0.3) is 0 Å². The molecule has 0 aliphatic carbocycles. The molecule has 0 unspecified atom stereocenters. The number of nitrogens with one attached hydrogen (secondary N) is 1. The lowest BCUT2D eigenvalue weighted by atomic mass is 10.3. The first-order chi connectivity index (χ1) is 9.53. The Balaban J connectivity index is 2.86. The summed E-state index contributed by atoms with van der Waals surface area (Å²) in [5.74, 6) is -0.336. The molecular weight excluding hydrogens is 292 g/mol. The molecule has 1 aromatic heterocycles.